The zero-order valence-corrected chi connectivity index (χ0v) is 17.7. The van der Waals surface area contributed by atoms with Gasteiger partial charge in [-0.25, -0.2) is 15.0 Å². The topological polar surface area (TPSA) is 59.3 Å². The second-order valence-corrected chi connectivity index (χ2v) is 8.44. The number of imidazole rings is 1. The molecule has 0 unspecified atom stereocenters. The van der Waals surface area contributed by atoms with E-state index in [2.05, 4.69) is 54.6 Å². The number of piperazine rings is 1. The number of rotatable bonds is 6. The Morgan fingerprint density at radius 2 is 1.87 bits per heavy atom. The van der Waals surface area contributed by atoms with Gasteiger partial charge in [0.05, 0.1) is 10.9 Å². The zero-order chi connectivity index (χ0) is 20.3. The highest BCUT2D eigenvalue weighted by molar-refractivity contribution is 5.86. The number of ether oxygens (including phenoxy) is 1. The van der Waals surface area contributed by atoms with Crippen molar-refractivity contribution < 1.29 is 4.74 Å². The lowest BCUT2D eigenvalue weighted by Gasteiger charge is -2.36. The highest BCUT2D eigenvalue weighted by Crippen LogP contribution is 2.30. The molecular formula is C23H30N6O. The Kier molecular flexibility index (Phi) is 5.53. The molecule has 1 saturated carbocycles. The molecule has 2 aromatic heterocycles. The number of aryl methyl sites for hydroxylation is 1. The fourth-order valence-electron chi connectivity index (χ4n) is 4.60. The molecule has 2 fully saturated rings. The van der Waals surface area contributed by atoms with Crippen molar-refractivity contribution in [3.63, 3.8) is 0 Å². The predicted molar refractivity (Wildman–Crippen MR) is 118 cm³/mol. The third kappa shape index (κ3) is 4.12. The Hall–Kier alpha value is -2.67. The Bertz CT molecular complexity index is 988. The van der Waals surface area contributed by atoms with Crippen LogP contribution >= 0.6 is 0 Å². The summed E-state index contributed by atoms with van der Waals surface area (Å²) in [7, 11) is 2.06. The number of anilines is 1. The summed E-state index contributed by atoms with van der Waals surface area (Å²) in [5.74, 6) is 1.89. The maximum absolute atomic E-state index is 6.24. The largest absolute Gasteiger partial charge is 0.474 e. The minimum absolute atomic E-state index is 0.300. The molecule has 3 aromatic rings. The summed E-state index contributed by atoms with van der Waals surface area (Å²) in [6.07, 6.45) is 11.6. The van der Waals surface area contributed by atoms with E-state index in [-0.39, 0.29) is 0 Å². The quantitative estimate of drug-likeness (QED) is 0.627. The van der Waals surface area contributed by atoms with E-state index in [4.69, 9.17) is 4.74 Å². The number of aromatic nitrogens is 4. The lowest BCUT2D eigenvalue weighted by atomic mass is 10.1. The summed E-state index contributed by atoms with van der Waals surface area (Å²) in [5.41, 5.74) is 2.19. The Labute approximate surface area is 177 Å². The third-order valence-corrected chi connectivity index (χ3v) is 6.47. The Balaban J connectivity index is 1.24. The second-order valence-electron chi connectivity index (χ2n) is 8.44. The SMILES string of the molecule is Cn1ccnc1CCN1CCN(c2ccc3ncnc(OC4CCCC4)c3c2)CC1. The van der Waals surface area contributed by atoms with E-state index in [1.54, 1.807) is 6.33 Å². The van der Waals surface area contributed by atoms with Crippen LogP contribution in [0.5, 0.6) is 5.88 Å². The van der Waals surface area contributed by atoms with Crippen molar-refractivity contribution in [2.24, 2.45) is 7.05 Å². The number of hydrogen-bond donors (Lipinski definition) is 0. The molecule has 0 radical (unpaired) electrons. The van der Waals surface area contributed by atoms with Gasteiger partial charge in [-0.05, 0) is 43.9 Å². The van der Waals surface area contributed by atoms with Gasteiger partial charge >= 0.3 is 0 Å². The first-order valence-corrected chi connectivity index (χ1v) is 11.1. The van der Waals surface area contributed by atoms with E-state index in [9.17, 15) is 0 Å². The van der Waals surface area contributed by atoms with Crippen LogP contribution in [0.4, 0.5) is 5.69 Å². The molecule has 3 heterocycles. The van der Waals surface area contributed by atoms with Crippen molar-refractivity contribution in [3.8, 4) is 5.88 Å². The average molecular weight is 407 g/mol. The highest BCUT2D eigenvalue weighted by atomic mass is 16.5. The minimum atomic E-state index is 0.300. The van der Waals surface area contributed by atoms with Crippen LogP contribution < -0.4 is 9.64 Å². The Morgan fingerprint density at radius 1 is 1.03 bits per heavy atom. The molecule has 1 aromatic carbocycles. The van der Waals surface area contributed by atoms with Crippen LogP contribution in [-0.4, -0.2) is 63.2 Å². The van der Waals surface area contributed by atoms with Gasteiger partial charge in [-0.2, -0.15) is 0 Å². The molecule has 1 aliphatic heterocycles. The molecule has 30 heavy (non-hydrogen) atoms. The van der Waals surface area contributed by atoms with Crippen LogP contribution in [0, 0.1) is 0 Å². The molecule has 0 N–H and O–H groups in total. The van der Waals surface area contributed by atoms with E-state index in [1.807, 2.05) is 12.4 Å². The summed E-state index contributed by atoms with van der Waals surface area (Å²) in [6.45, 7) is 5.25. The van der Waals surface area contributed by atoms with Gasteiger partial charge in [0, 0.05) is 64.3 Å². The van der Waals surface area contributed by atoms with Crippen molar-refractivity contribution in [2.75, 3.05) is 37.6 Å². The number of nitrogens with zero attached hydrogens (tertiary/aromatic N) is 6. The minimum Gasteiger partial charge on any atom is -0.474 e. The van der Waals surface area contributed by atoms with Gasteiger partial charge in [0.1, 0.15) is 18.3 Å². The van der Waals surface area contributed by atoms with E-state index in [1.165, 1.54) is 18.5 Å². The Morgan fingerprint density at radius 3 is 2.63 bits per heavy atom. The van der Waals surface area contributed by atoms with Crippen molar-refractivity contribution >= 4 is 16.6 Å². The van der Waals surface area contributed by atoms with E-state index >= 15 is 0 Å². The monoisotopic (exact) mass is 406 g/mol. The normalized spacial score (nSPS) is 18.4. The third-order valence-electron chi connectivity index (χ3n) is 6.47. The zero-order valence-electron chi connectivity index (χ0n) is 17.7. The van der Waals surface area contributed by atoms with Crippen LogP contribution in [-0.2, 0) is 13.5 Å². The maximum atomic E-state index is 6.24. The van der Waals surface area contributed by atoms with Gasteiger partial charge in [-0.3, -0.25) is 4.90 Å². The molecule has 0 atom stereocenters. The fraction of sp³-hybridized carbons (Fsp3) is 0.522. The summed E-state index contributed by atoms with van der Waals surface area (Å²) in [6, 6.07) is 6.49. The molecule has 2 aliphatic rings. The summed E-state index contributed by atoms with van der Waals surface area (Å²) < 4.78 is 8.35. The number of benzene rings is 1. The molecule has 1 saturated heterocycles. The molecule has 0 bridgehead atoms. The molecule has 7 heteroatoms. The average Bonchev–Trinajstić information content (AvgIpc) is 3.44. The van der Waals surface area contributed by atoms with Crippen molar-refractivity contribution in [1.29, 1.82) is 0 Å². The molecule has 0 spiro atoms. The van der Waals surface area contributed by atoms with E-state index in [0.29, 0.717) is 6.10 Å². The molecule has 0 amide bonds. The van der Waals surface area contributed by atoms with E-state index in [0.717, 1.165) is 74.6 Å². The van der Waals surface area contributed by atoms with Gasteiger partial charge in [-0.1, -0.05) is 0 Å². The summed E-state index contributed by atoms with van der Waals surface area (Å²) in [4.78, 5) is 18.3. The first kappa shape index (κ1) is 19.3. The molecular weight excluding hydrogens is 376 g/mol. The van der Waals surface area contributed by atoms with Gasteiger partial charge < -0.3 is 14.2 Å². The number of fused-ring (bicyclic) bond motifs is 1. The molecule has 158 valence electrons. The first-order valence-electron chi connectivity index (χ1n) is 11.1. The second kappa shape index (κ2) is 8.60. The lowest BCUT2D eigenvalue weighted by molar-refractivity contribution is 0.204. The predicted octanol–water partition coefficient (Wildman–Crippen LogP) is 3.05. The van der Waals surface area contributed by atoms with Crippen LogP contribution in [0.1, 0.15) is 31.5 Å². The van der Waals surface area contributed by atoms with Crippen molar-refractivity contribution in [1.82, 2.24) is 24.4 Å². The summed E-state index contributed by atoms with van der Waals surface area (Å²) in [5, 5.41) is 1.03. The van der Waals surface area contributed by atoms with Crippen LogP contribution in [0.25, 0.3) is 10.9 Å². The van der Waals surface area contributed by atoms with Gasteiger partial charge in [-0.15, -0.1) is 0 Å². The van der Waals surface area contributed by atoms with Crippen LogP contribution in [0.2, 0.25) is 0 Å². The first-order chi connectivity index (χ1) is 14.8. The summed E-state index contributed by atoms with van der Waals surface area (Å²) >= 11 is 0. The standard InChI is InChI=1S/C23H30N6O/c1-27-11-9-24-22(27)8-10-28-12-14-29(15-13-28)18-6-7-21-20(16-18)23(26-17-25-21)30-19-4-2-3-5-19/h6-7,9,11,16-17,19H,2-5,8,10,12-15H2,1H3. The van der Waals surface area contributed by atoms with Gasteiger partial charge in [0.2, 0.25) is 5.88 Å². The lowest BCUT2D eigenvalue weighted by Crippen LogP contribution is -2.47. The van der Waals surface area contributed by atoms with Gasteiger partial charge in [0.15, 0.2) is 0 Å². The molecule has 1 aliphatic carbocycles. The molecule has 5 rings (SSSR count). The van der Waals surface area contributed by atoms with Gasteiger partial charge in [0.25, 0.3) is 0 Å². The van der Waals surface area contributed by atoms with E-state index < -0.39 is 0 Å². The fourth-order valence-corrected chi connectivity index (χ4v) is 4.60. The van der Waals surface area contributed by atoms with Crippen LogP contribution in [0.3, 0.4) is 0 Å². The van der Waals surface area contributed by atoms with Crippen molar-refractivity contribution in [2.45, 2.75) is 38.2 Å². The highest BCUT2D eigenvalue weighted by Gasteiger charge is 2.21. The number of hydrogen-bond acceptors (Lipinski definition) is 6. The van der Waals surface area contributed by atoms with Crippen LogP contribution in [0.15, 0.2) is 36.9 Å². The smallest absolute Gasteiger partial charge is 0.224 e. The molecule has 7 nitrogen and oxygen atoms in total. The maximum Gasteiger partial charge on any atom is 0.224 e. The van der Waals surface area contributed by atoms with Crippen molar-refractivity contribution in [3.05, 3.63) is 42.7 Å².